The molecule has 1 fully saturated rings. The van der Waals surface area contributed by atoms with Crippen LogP contribution in [-0.4, -0.2) is 47.0 Å². The van der Waals surface area contributed by atoms with Gasteiger partial charge in [0, 0.05) is 13.1 Å². The van der Waals surface area contributed by atoms with Crippen molar-refractivity contribution < 1.29 is 10.2 Å². The van der Waals surface area contributed by atoms with Crippen molar-refractivity contribution in [3.8, 4) is 0 Å². The average Bonchev–Trinajstić information content (AvgIpc) is 2.15. The van der Waals surface area contributed by atoms with Gasteiger partial charge in [-0.3, -0.25) is 0 Å². The lowest BCUT2D eigenvalue weighted by molar-refractivity contribution is -0.0166. The summed E-state index contributed by atoms with van der Waals surface area (Å²) in [7, 11) is 2.06. The van der Waals surface area contributed by atoms with Crippen LogP contribution in [0.1, 0.15) is 39.5 Å². The first kappa shape index (κ1) is 12.9. The van der Waals surface area contributed by atoms with Gasteiger partial charge in [-0.2, -0.15) is 0 Å². The van der Waals surface area contributed by atoms with E-state index in [-0.39, 0.29) is 6.10 Å². The van der Waals surface area contributed by atoms with Crippen molar-refractivity contribution in [3.63, 3.8) is 0 Å². The summed E-state index contributed by atoms with van der Waals surface area (Å²) in [5.74, 6) is 0.628. The molecule has 0 heterocycles. The maximum Gasteiger partial charge on any atom is 0.0768 e. The van der Waals surface area contributed by atoms with Crippen molar-refractivity contribution in [2.45, 2.75) is 51.2 Å². The second kappa shape index (κ2) is 5.28. The fourth-order valence-electron chi connectivity index (χ4n) is 2.33. The summed E-state index contributed by atoms with van der Waals surface area (Å²) in [6.45, 7) is 5.81. The molecule has 0 bridgehead atoms. The predicted octanol–water partition coefficient (Wildman–Crippen LogP) is 1.24. The Balaban J connectivity index is 2.25. The zero-order valence-corrected chi connectivity index (χ0v) is 10.2. The van der Waals surface area contributed by atoms with Gasteiger partial charge in [-0.25, -0.2) is 0 Å². The van der Waals surface area contributed by atoms with E-state index < -0.39 is 5.60 Å². The molecule has 2 N–H and O–H groups in total. The molecule has 0 saturated heterocycles. The monoisotopic (exact) mass is 215 g/mol. The summed E-state index contributed by atoms with van der Waals surface area (Å²) in [5, 5.41) is 19.4. The molecule has 0 aromatic rings. The van der Waals surface area contributed by atoms with Crippen LogP contribution in [0.2, 0.25) is 0 Å². The SMILES string of the molecule is CCC(O)(CC)CN(C)CC1CC(O)C1. The molecule has 0 radical (unpaired) electrons. The Morgan fingerprint density at radius 2 is 1.80 bits per heavy atom. The van der Waals surface area contributed by atoms with Gasteiger partial charge in [-0.05, 0) is 38.6 Å². The van der Waals surface area contributed by atoms with Gasteiger partial charge in [0.2, 0.25) is 0 Å². The van der Waals surface area contributed by atoms with E-state index in [4.69, 9.17) is 0 Å². The Labute approximate surface area is 93.1 Å². The number of aliphatic hydroxyl groups is 2. The maximum atomic E-state index is 10.2. The Morgan fingerprint density at radius 1 is 1.27 bits per heavy atom. The van der Waals surface area contributed by atoms with Gasteiger partial charge < -0.3 is 15.1 Å². The van der Waals surface area contributed by atoms with Crippen molar-refractivity contribution in [1.29, 1.82) is 0 Å². The van der Waals surface area contributed by atoms with Crippen LogP contribution >= 0.6 is 0 Å². The Morgan fingerprint density at radius 3 is 2.20 bits per heavy atom. The Kier molecular flexibility index (Phi) is 4.56. The third-order valence-corrected chi connectivity index (χ3v) is 3.66. The van der Waals surface area contributed by atoms with Crippen LogP contribution < -0.4 is 0 Å². The molecule has 90 valence electrons. The van der Waals surface area contributed by atoms with Crippen LogP contribution in [0.3, 0.4) is 0 Å². The topological polar surface area (TPSA) is 43.7 Å². The molecular weight excluding hydrogens is 190 g/mol. The largest absolute Gasteiger partial charge is 0.393 e. The number of hydrogen-bond donors (Lipinski definition) is 2. The van der Waals surface area contributed by atoms with Crippen molar-refractivity contribution >= 4 is 0 Å². The van der Waals surface area contributed by atoms with Crippen LogP contribution in [0.5, 0.6) is 0 Å². The molecule has 0 spiro atoms. The number of hydrogen-bond acceptors (Lipinski definition) is 3. The highest BCUT2D eigenvalue weighted by Crippen LogP contribution is 2.28. The molecule has 1 aliphatic rings. The molecule has 1 aliphatic carbocycles. The van der Waals surface area contributed by atoms with Gasteiger partial charge in [-0.1, -0.05) is 13.8 Å². The minimum atomic E-state index is -0.531. The van der Waals surface area contributed by atoms with E-state index in [1.807, 2.05) is 13.8 Å². The quantitative estimate of drug-likeness (QED) is 0.700. The van der Waals surface area contributed by atoms with Crippen LogP contribution in [0.4, 0.5) is 0 Å². The molecule has 0 unspecified atom stereocenters. The molecular formula is C12H25NO2. The van der Waals surface area contributed by atoms with E-state index in [0.29, 0.717) is 5.92 Å². The van der Waals surface area contributed by atoms with Gasteiger partial charge in [0.05, 0.1) is 11.7 Å². The van der Waals surface area contributed by atoms with E-state index in [2.05, 4.69) is 11.9 Å². The van der Waals surface area contributed by atoms with E-state index in [1.54, 1.807) is 0 Å². The first-order chi connectivity index (χ1) is 6.99. The standard InChI is InChI=1S/C12H25NO2/c1-4-12(15,5-2)9-13(3)8-10-6-11(14)7-10/h10-11,14-15H,4-9H2,1-3H3. The second-order valence-electron chi connectivity index (χ2n) is 5.12. The van der Waals surface area contributed by atoms with E-state index in [9.17, 15) is 10.2 Å². The first-order valence-corrected chi connectivity index (χ1v) is 6.08. The fourth-order valence-corrected chi connectivity index (χ4v) is 2.33. The Hall–Kier alpha value is -0.120. The maximum absolute atomic E-state index is 10.2. The van der Waals surface area contributed by atoms with Gasteiger partial charge >= 0.3 is 0 Å². The first-order valence-electron chi connectivity index (χ1n) is 6.08. The average molecular weight is 215 g/mol. The van der Waals surface area contributed by atoms with Gasteiger partial charge in [0.25, 0.3) is 0 Å². The van der Waals surface area contributed by atoms with E-state index >= 15 is 0 Å². The van der Waals surface area contributed by atoms with Crippen LogP contribution in [0.25, 0.3) is 0 Å². The summed E-state index contributed by atoms with van der Waals surface area (Å²) in [6, 6.07) is 0. The minimum absolute atomic E-state index is 0.0698. The van der Waals surface area contributed by atoms with Crippen molar-refractivity contribution in [3.05, 3.63) is 0 Å². The lowest BCUT2D eigenvalue weighted by atomic mass is 9.82. The lowest BCUT2D eigenvalue weighted by Crippen LogP contribution is -2.44. The van der Waals surface area contributed by atoms with Crippen molar-refractivity contribution in [2.24, 2.45) is 5.92 Å². The second-order valence-corrected chi connectivity index (χ2v) is 5.12. The summed E-state index contributed by atoms with van der Waals surface area (Å²) in [4.78, 5) is 2.20. The van der Waals surface area contributed by atoms with Crippen molar-refractivity contribution in [1.82, 2.24) is 4.90 Å². The zero-order valence-electron chi connectivity index (χ0n) is 10.2. The van der Waals surface area contributed by atoms with Gasteiger partial charge in [0.1, 0.15) is 0 Å². The smallest absolute Gasteiger partial charge is 0.0768 e. The van der Waals surface area contributed by atoms with Gasteiger partial charge in [-0.15, -0.1) is 0 Å². The molecule has 0 aromatic heterocycles. The van der Waals surface area contributed by atoms with Crippen LogP contribution in [0.15, 0.2) is 0 Å². The summed E-state index contributed by atoms with van der Waals surface area (Å²) < 4.78 is 0. The molecule has 0 aliphatic heterocycles. The lowest BCUT2D eigenvalue weighted by Gasteiger charge is -2.37. The molecule has 15 heavy (non-hydrogen) atoms. The Bertz CT molecular complexity index is 186. The minimum Gasteiger partial charge on any atom is -0.393 e. The number of nitrogens with zero attached hydrogens (tertiary/aromatic N) is 1. The normalized spacial score (nSPS) is 26.8. The summed E-state index contributed by atoms with van der Waals surface area (Å²) >= 11 is 0. The number of likely N-dealkylation sites (N-methyl/N-ethyl adjacent to an activating group) is 1. The number of aliphatic hydroxyl groups excluding tert-OH is 1. The third kappa shape index (κ3) is 3.74. The molecule has 0 atom stereocenters. The fraction of sp³-hybridized carbons (Fsp3) is 1.00. The van der Waals surface area contributed by atoms with Gasteiger partial charge in [0.15, 0.2) is 0 Å². The number of rotatable bonds is 6. The third-order valence-electron chi connectivity index (χ3n) is 3.66. The molecule has 3 heteroatoms. The van der Waals surface area contributed by atoms with E-state index in [0.717, 1.165) is 38.8 Å². The molecule has 0 aromatic carbocycles. The van der Waals surface area contributed by atoms with Crippen LogP contribution in [-0.2, 0) is 0 Å². The highest BCUT2D eigenvalue weighted by molar-refractivity contribution is 4.84. The highest BCUT2D eigenvalue weighted by Gasteiger charge is 2.30. The highest BCUT2D eigenvalue weighted by atomic mass is 16.3. The zero-order chi connectivity index (χ0) is 11.5. The molecule has 0 amide bonds. The summed E-state index contributed by atoms with van der Waals surface area (Å²) in [6.07, 6.45) is 3.41. The molecule has 3 nitrogen and oxygen atoms in total. The summed E-state index contributed by atoms with van der Waals surface area (Å²) in [5.41, 5.74) is -0.531. The predicted molar refractivity (Wildman–Crippen MR) is 61.8 cm³/mol. The molecule has 1 rings (SSSR count). The van der Waals surface area contributed by atoms with Crippen LogP contribution in [0, 0.1) is 5.92 Å². The van der Waals surface area contributed by atoms with Crippen molar-refractivity contribution in [2.75, 3.05) is 20.1 Å². The van der Waals surface area contributed by atoms with E-state index in [1.165, 1.54) is 0 Å². The molecule has 1 saturated carbocycles.